The summed E-state index contributed by atoms with van der Waals surface area (Å²) in [5, 5.41) is 2.61. The molecule has 0 fully saturated rings. The fourth-order valence-electron chi connectivity index (χ4n) is 1.16. The summed E-state index contributed by atoms with van der Waals surface area (Å²) in [5.41, 5.74) is 5.09. The molecule has 0 aliphatic rings. The Hall–Kier alpha value is -1.62. The average molecular weight is 240 g/mol. The highest BCUT2D eigenvalue weighted by Crippen LogP contribution is 2.26. The first-order valence-corrected chi connectivity index (χ1v) is 5.26. The van der Waals surface area contributed by atoms with Crippen molar-refractivity contribution in [3.63, 3.8) is 0 Å². The highest BCUT2D eigenvalue weighted by atomic mass is 19.1. The van der Waals surface area contributed by atoms with Crippen molar-refractivity contribution in [2.24, 2.45) is 11.1 Å². The molecule has 5 heteroatoms. The van der Waals surface area contributed by atoms with Crippen LogP contribution in [0.1, 0.15) is 13.8 Å². The highest BCUT2D eigenvalue weighted by molar-refractivity contribution is 5.96. The van der Waals surface area contributed by atoms with Gasteiger partial charge < -0.3 is 15.8 Å². The van der Waals surface area contributed by atoms with Crippen LogP contribution in [0, 0.1) is 11.2 Å². The molecule has 3 N–H and O–H groups in total. The van der Waals surface area contributed by atoms with Crippen molar-refractivity contribution in [3.8, 4) is 5.75 Å². The first-order chi connectivity index (χ1) is 7.90. The number of amides is 1. The number of carbonyl (C=O) groups is 1. The van der Waals surface area contributed by atoms with Crippen LogP contribution in [0.5, 0.6) is 5.75 Å². The second kappa shape index (κ2) is 5.14. The van der Waals surface area contributed by atoms with Gasteiger partial charge in [-0.2, -0.15) is 0 Å². The molecule has 0 heterocycles. The Kier molecular flexibility index (Phi) is 4.07. The van der Waals surface area contributed by atoms with Crippen LogP contribution in [0.3, 0.4) is 0 Å². The lowest BCUT2D eigenvalue weighted by Gasteiger charge is -2.22. The topological polar surface area (TPSA) is 64.3 Å². The standard InChI is InChI=1S/C12H17FN2O2/c1-12(2,7-14)11(16)15-9-6-8(13)4-5-10(9)17-3/h4-6H,7,14H2,1-3H3,(H,15,16). The lowest BCUT2D eigenvalue weighted by molar-refractivity contribution is -0.123. The van der Waals surface area contributed by atoms with Crippen LogP contribution in [0.4, 0.5) is 10.1 Å². The second-order valence-electron chi connectivity index (χ2n) is 4.39. The van der Waals surface area contributed by atoms with Gasteiger partial charge in [-0.15, -0.1) is 0 Å². The van der Waals surface area contributed by atoms with E-state index in [0.717, 1.165) is 0 Å². The van der Waals surface area contributed by atoms with Crippen LogP contribution in [0.2, 0.25) is 0 Å². The van der Waals surface area contributed by atoms with Gasteiger partial charge >= 0.3 is 0 Å². The summed E-state index contributed by atoms with van der Waals surface area (Å²) >= 11 is 0. The molecule has 0 saturated carbocycles. The molecular formula is C12H17FN2O2. The van der Waals surface area contributed by atoms with Gasteiger partial charge in [0.05, 0.1) is 18.2 Å². The summed E-state index contributed by atoms with van der Waals surface area (Å²) in [5.74, 6) is -0.303. The Morgan fingerprint density at radius 3 is 2.71 bits per heavy atom. The minimum absolute atomic E-state index is 0.205. The van der Waals surface area contributed by atoms with Crippen LogP contribution in [-0.2, 0) is 4.79 Å². The molecule has 0 aromatic heterocycles. The predicted molar refractivity (Wildman–Crippen MR) is 64.4 cm³/mol. The Balaban J connectivity index is 2.95. The first kappa shape index (κ1) is 13.4. The summed E-state index contributed by atoms with van der Waals surface area (Å²) in [6.07, 6.45) is 0. The maximum atomic E-state index is 13.1. The van der Waals surface area contributed by atoms with Crippen molar-refractivity contribution < 1.29 is 13.9 Å². The van der Waals surface area contributed by atoms with E-state index in [2.05, 4.69) is 5.32 Å². The summed E-state index contributed by atoms with van der Waals surface area (Å²) < 4.78 is 18.1. The van der Waals surface area contributed by atoms with E-state index in [0.29, 0.717) is 11.4 Å². The Morgan fingerprint density at radius 1 is 1.53 bits per heavy atom. The summed E-state index contributed by atoms with van der Waals surface area (Å²) in [6.45, 7) is 3.64. The van der Waals surface area contributed by atoms with E-state index in [1.807, 2.05) is 0 Å². The number of rotatable bonds is 4. The number of methoxy groups -OCH3 is 1. The fraction of sp³-hybridized carbons (Fsp3) is 0.417. The van der Waals surface area contributed by atoms with Crippen LogP contribution in [0.25, 0.3) is 0 Å². The molecule has 0 radical (unpaired) electrons. The van der Waals surface area contributed by atoms with Crippen LogP contribution < -0.4 is 15.8 Å². The van der Waals surface area contributed by atoms with Gasteiger partial charge in [-0.25, -0.2) is 4.39 Å². The molecule has 1 rings (SSSR count). The van der Waals surface area contributed by atoms with Crippen molar-refractivity contribution in [1.29, 1.82) is 0 Å². The molecule has 1 aromatic rings. The zero-order chi connectivity index (χ0) is 13.1. The van der Waals surface area contributed by atoms with Gasteiger partial charge in [0.25, 0.3) is 0 Å². The minimum Gasteiger partial charge on any atom is -0.495 e. The maximum Gasteiger partial charge on any atom is 0.231 e. The summed E-state index contributed by atoms with van der Waals surface area (Å²) in [7, 11) is 1.46. The molecule has 0 spiro atoms. The molecule has 0 atom stereocenters. The Labute approximate surface area is 100.0 Å². The van der Waals surface area contributed by atoms with Gasteiger partial charge in [-0.05, 0) is 26.0 Å². The molecular weight excluding hydrogens is 223 g/mol. The minimum atomic E-state index is -0.711. The lowest BCUT2D eigenvalue weighted by Crippen LogP contribution is -2.37. The summed E-state index contributed by atoms with van der Waals surface area (Å²) in [6, 6.07) is 3.94. The maximum absolute atomic E-state index is 13.1. The number of nitrogens with one attached hydrogen (secondary N) is 1. The number of nitrogens with two attached hydrogens (primary N) is 1. The first-order valence-electron chi connectivity index (χ1n) is 5.26. The van der Waals surface area contributed by atoms with E-state index in [4.69, 9.17) is 10.5 Å². The molecule has 94 valence electrons. The fourth-order valence-corrected chi connectivity index (χ4v) is 1.16. The highest BCUT2D eigenvalue weighted by Gasteiger charge is 2.26. The Morgan fingerprint density at radius 2 is 2.18 bits per heavy atom. The van der Waals surface area contributed by atoms with Gasteiger partial charge in [-0.3, -0.25) is 4.79 Å². The van der Waals surface area contributed by atoms with Crippen LogP contribution >= 0.6 is 0 Å². The number of carbonyl (C=O) groups excluding carboxylic acids is 1. The van der Waals surface area contributed by atoms with Crippen molar-refractivity contribution >= 4 is 11.6 Å². The van der Waals surface area contributed by atoms with Gasteiger partial charge in [0.1, 0.15) is 11.6 Å². The molecule has 4 nitrogen and oxygen atoms in total. The van der Waals surface area contributed by atoms with Crippen LogP contribution in [-0.4, -0.2) is 19.6 Å². The number of benzene rings is 1. The molecule has 0 saturated heterocycles. The third-order valence-electron chi connectivity index (χ3n) is 2.53. The third-order valence-corrected chi connectivity index (χ3v) is 2.53. The average Bonchev–Trinajstić information content (AvgIpc) is 2.29. The normalized spacial score (nSPS) is 11.1. The molecule has 0 unspecified atom stereocenters. The van der Waals surface area contributed by atoms with Crippen LogP contribution in [0.15, 0.2) is 18.2 Å². The zero-order valence-electron chi connectivity index (χ0n) is 10.2. The van der Waals surface area contributed by atoms with Gasteiger partial charge in [0.15, 0.2) is 0 Å². The number of hydrogen-bond acceptors (Lipinski definition) is 3. The largest absolute Gasteiger partial charge is 0.495 e. The zero-order valence-corrected chi connectivity index (χ0v) is 10.2. The van der Waals surface area contributed by atoms with E-state index < -0.39 is 11.2 Å². The van der Waals surface area contributed by atoms with Gasteiger partial charge in [-0.1, -0.05) is 0 Å². The number of ether oxygens (including phenoxy) is 1. The summed E-state index contributed by atoms with van der Waals surface area (Å²) in [4.78, 5) is 11.9. The van der Waals surface area contributed by atoms with E-state index in [1.165, 1.54) is 25.3 Å². The van der Waals surface area contributed by atoms with E-state index >= 15 is 0 Å². The molecule has 1 aromatic carbocycles. The molecule has 1 amide bonds. The molecule has 0 aliphatic heterocycles. The number of anilines is 1. The van der Waals surface area contributed by atoms with E-state index in [-0.39, 0.29) is 12.5 Å². The monoisotopic (exact) mass is 240 g/mol. The third kappa shape index (κ3) is 3.17. The van der Waals surface area contributed by atoms with Gasteiger partial charge in [0, 0.05) is 12.6 Å². The van der Waals surface area contributed by atoms with Gasteiger partial charge in [0.2, 0.25) is 5.91 Å². The van der Waals surface area contributed by atoms with Crippen molar-refractivity contribution in [1.82, 2.24) is 0 Å². The molecule has 17 heavy (non-hydrogen) atoms. The quantitative estimate of drug-likeness (QED) is 0.842. The number of halogens is 1. The second-order valence-corrected chi connectivity index (χ2v) is 4.39. The predicted octanol–water partition coefficient (Wildman–Crippen LogP) is 1.76. The van der Waals surface area contributed by atoms with Crippen molar-refractivity contribution in [2.75, 3.05) is 19.0 Å². The number of hydrogen-bond donors (Lipinski definition) is 2. The van der Waals surface area contributed by atoms with Crippen molar-refractivity contribution in [3.05, 3.63) is 24.0 Å². The van der Waals surface area contributed by atoms with E-state index in [1.54, 1.807) is 13.8 Å². The van der Waals surface area contributed by atoms with E-state index in [9.17, 15) is 9.18 Å². The Bertz CT molecular complexity index is 419. The molecule has 0 aliphatic carbocycles. The van der Waals surface area contributed by atoms with Crippen molar-refractivity contribution in [2.45, 2.75) is 13.8 Å². The lowest BCUT2D eigenvalue weighted by atomic mass is 9.92. The molecule has 0 bridgehead atoms. The smallest absolute Gasteiger partial charge is 0.231 e. The SMILES string of the molecule is COc1ccc(F)cc1NC(=O)C(C)(C)CN.